The van der Waals surface area contributed by atoms with E-state index < -0.39 is 0 Å². The second-order valence-electron chi connectivity index (χ2n) is 4.90. The van der Waals surface area contributed by atoms with E-state index in [1.807, 2.05) is 12.1 Å². The number of nitrogens with two attached hydrogens (primary N) is 1. The molecule has 0 saturated heterocycles. The third kappa shape index (κ3) is 2.24. The molecule has 2 aromatic rings. The van der Waals surface area contributed by atoms with Crippen LogP contribution in [-0.4, -0.2) is 5.78 Å². The first-order valence-corrected chi connectivity index (χ1v) is 6.74. The number of rotatable bonds is 2. The summed E-state index contributed by atoms with van der Waals surface area (Å²) in [6, 6.07) is 11.0. The number of anilines is 1. The highest BCUT2D eigenvalue weighted by molar-refractivity contribution is 6.33. The Morgan fingerprint density at radius 1 is 1.00 bits per heavy atom. The smallest absolute Gasteiger partial charge is 0.193 e. The van der Waals surface area contributed by atoms with Crippen molar-refractivity contribution >= 4 is 23.1 Å². The maximum Gasteiger partial charge on any atom is 0.193 e. The summed E-state index contributed by atoms with van der Waals surface area (Å²) < 4.78 is 0. The van der Waals surface area contributed by atoms with Gasteiger partial charge in [0.2, 0.25) is 0 Å². The summed E-state index contributed by atoms with van der Waals surface area (Å²) in [5.41, 5.74) is 10.2. The molecule has 0 aromatic heterocycles. The van der Waals surface area contributed by atoms with Gasteiger partial charge in [0.05, 0.1) is 10.7 Å². The summed E-state index contributed by atoms with van der Waals surface area (Å²) in [5, 5.41) is 0.477. The lowest BCUT2D eigenvalue weighted by Gasteiger charge is -2.06. The molecule has 0 atom stereocenters. The highest BCUT2D eigenvalue weighted by Gasteiger charge is 2.15. The number of carbonyl (C=O) groups is 1. The zero-order valence-electron chi connectivity index (χ0n) is 10.4. The highest BCUT2D eigenvalue weighted by Crippen LogP contribution is 2.25. The van der Waals surface area contributed by atoms with Crippen molar-refractivity contribution in [1.82, 2.24) is 0 Å². The van der Waals surface area contributed by atoms with Crippen LogP contribution in [0.1, 0.15) is 33.5 Å². The molecule has 3 heteroatoms. The molecule has 19 heavy (non-hydrogen) atoms. The Hall–Kier alpha value is -1.80. The maximum absolute atomic E-state index is 12.4. The molecule has 0 bridgehead atoms. The minimum absolute atomic E-state index is 0.00179. The fourth-order valence-electron chi connectivity index (χ4n) is 2.56. The molecule has 2 N–H and O–H groups in total. The zero-order valence-corrected chi connectivity index (χ0v) is 11.2. The van der Waals surface area contributed by atoms with Gasteiger partial charge in [-0.3, -0.25) is 4.79 Å². The van der Waals surface area contributed by atoms with E-state index in [1.54, 1.807) is 18.2 Å². The lowest BCUT2D eigenvalue weighted by molar-refractivity contribution is 0.103. The van der Waals surface area contributed by atoms with Gasteiger partial charge in [-0.1, -0.05) is 23.7 Å². The van der Waals surface area contributed by atoms with Crippen LogP contribution < -0.4 is 5.73 Å². The first-order valence-electron chi connectivity index (χ1n) is 6.36. The summed E-state index contributed by atoms with van der Waals surface area (Å²) in [4.78, 5) is 12.4. The van der Waals surface area contributed by atoms with E-state index >= 15 is 0 Å². The summed E-state index contributed by atoms with van der Waals surface area (Å²) in [7, 11) is 0. The van der Waals surface area contributed by atoms with Gasteiger partial charge < -0.3 is 5.73 Å². The summed E-state index contributed by atoms with van der Waals surface area (Å²) >= 11 is 5.87. The van der Waals surface area contributed by atoms with Gasteiger partial charge in [-0.25, -0.2) is 0 Å². The van der Waals surface area contributed by atoms with Crippen molar-refractivity contribution in [1.29, 1.82) is 0 Å². The second kappa shape index (κ2) is 4.71. The standard InChI is InChI=1S/C16H14ClNO/c17-14-7-6-13(9-15(14)18)16(19)12-5-4-10-2-1-3-11(10)8-12/h4-9H,1-3,18H2. The largest absolute Gasteiger partial charge is 0.398 e. The Bertz CT molecular complexity index is 664. The number of aryl methyl sites for hydroxylation is 2. The van der Waals surface area contributed by atoms with Gasteiger partial charge in [0, 0.05) is 11.1 Å². The second-order valence-corrected chi connectivity index (χ2v) is 5.31. The van der Waals surface area contributed by atoms with E-state index in [2.05, 4.69) is 6.07 Å². The highest BCUT2D eigenvalue weighted by atomic mass is 35.5. The SMILES string of the molecule is Nc1cc(C(=O)c2ccc3c(c2)CCC3)ccc1Cl. The van der Waals surface area contributed by atoms with Gasteiger partial charge in [-0.05, 0) is 54.7 Å². The number of fused-ring (bicyclic) bond motifs is 1. The van der Waals surface area contributed by atoms with Gasteiger partial charge in [-0.15, -0.1) is 0 Å². The maximum atomic E-state index is 12.4. The lowest BCUT2D eigenvalue weighted by Crippen LogP contribution is -2.03. The van der Waals surface area contributed by atoms with Crippen LogP contribution in [0.3, 0.4) is 0 Å². The topological polar surface area (TPSA) is 43.1 Å². The van der Waals surface area contributed by atoms with Gasteiger partial charge in [0.25, 0.3) is 0 Å². The number of nitrogen functional groups attached to an aromatic ring is 1. The van der Waals surface area contributed by atoms with Crippen LogP contribution in [0.4, 0.5) is 5.69 Å². The monoisotopic (exact) mass is 271 g/mol. The normalized spacial score (nSPS) is 13.3. The molecule has 0 spiro atoms. The number of hydrogen-bond donors (Lipinski definition) is 1. The zero-order chi connectivity index (χ0) is 13.4. The van der Waals surface area contributed by atoms with Crippen LogP contribution in [0.25, 0.3) is 0 Å². The van der Waals surface area contributed by atoms with Crippen molar-refractivity contribution in [3.8, 4) is 0 Å². The molecule has 2 aromatic carbocycles. The van der Waals surface area contributed by atoms with Crippen molar-refractivity contribution < 1.29 is 4.79 Å². The molecule has 96 valence electrons. The molecule has 1 aliphatic rings. The van der Waals surface area contributed by atoms with Crippen LogP contribution >= 0.6 is 11.6 Å². The number of ketones is 1. The summed E-state index contributed by atoms with van der Waals surface area (Å²) in [6.07, 6.45) is 3.37. The fraction of sp³-hybridized carbons (Fsp3) is 0.188. The van der Waals surface area contributed by atoms with Crippen LogP contribution in [0.2, 0.25) is 5.02 Å². The Kier molecular flexibility index (Phi) is 3.03. The van der Waals surface area contributed by atoms with Crippen LogP contribution in [0, 0.1) is 0 Å². The number of halogens is 1. The molecule has 0 fully saturated rings. The first-order chi connectivity index (χ1) is 9.15. The molecular formula is C16H14ClNO. The first kappa shape index (κ1) is 12.2. The van der Waals surface area contributed by atoms with Gasteiger partial charge in [0.1, 0.15) is 0 Å². The lowest BCUT2D eigenvalue weighted by atomic mass is 9.99. The predicted octanol–water partition coefficient (Wildman–Crippen LogP) is 3.64. The van der Waals surface area contributed by atoms with Gasteiger partial charge in [0.15, 0.2) is 5.78 Å². The third-order valence-corrected chi connectivity index (χ3v) is 3.96. The van der Waals surface area contributed by atoms with Gasteiger partial charge >= 0.3 is 0 Å². The summed E-state index contributed by atoms with van der Waals surface area (Å²) in [5.74, 6) is -0.00179. The van der Waals surface area contributed by atoms with Crippen molar-refractivity contribution in [2.45, 2.75) is 19.3 Å². The molecule has 0 unspecified atom stereocenters. The van der Waals surface area contributed by atoms with E-state index in [9.17, 15) is 4.79 Å². The van der Waals surface area contributed by atoms with Crippen molar-refractivity contribution in [3.05, 3.63) is 63.7 Å². The van der Waals surface area contributed by atoms with E-state index in [1.165, 1.54) is 17.5 Å². The fourth-order valence-corrected chi connectivity index (χ4v) is 2.68. The molecule has 0 saturated carbocycles. The summed E-state index contributed by atoms with van der Waals surface area (Å²) in [6.45, 7) is 0. The Labute approximate surface area is 117 Å². The molecule has 0 radical (unpaired) electrons. The molecule has 3 rings (SSSR count). The Balaban J connectivity index is 1.97. The quantitative estimate of drug-likeness (QED) is 0.669. The average Bonchev–Trinajstić information content (AvgIpc) is 2.88. The predicted molar refractivity (Wildman–Crippen MR) is 77.8 cm³/mol. The van der Waals surface area contributed by atoms with E-state index in [0.717, 1.165) is 18.4 Å². The van der Waals surface area contributed by atoms with Crippen molar-refractivity contribution in [2.24, 2.45) is 0 Å². The van der Waals surface area contributed by atoms with E-state index in [-0.39, 0.29) is 5.78 Å². The van der Waals surface area contributed by atoms with Crippen molar-refractivity contribution in [2.75, 3.05) is 5.73 Å². The number of hydrogen-bond acceptors (Lipinski definition) is 2. The molecule has 0 aliphatic heterocycles. The third-order valence-electron chi connectivity index (χ3n) is 3.62. The van der Waals surface area contributed by atoms with Crippen LogP contribution in [0.5, 0.6) is 0 Å². The molecule has 0 heterocycles. The number of benzene rings is 2. The van der Waals surface area contributed by atoms with E-state index in [0.29, 0.717) is 16.3 Å². The number of carbonyl (C=O) groups excluding carboxylic acids is 1. The van der Waals surface area contributed by atoms with Gasteiger partial charge in [-0.2, -0.15) is 0 Å². The van der Waals surface area contributed by atoms with Crippen LogP contribution in [-0.2, 0) is 12.8 Å². The molecule has 2 nitrogen and oxygen atoms in total. The van der Waals surface area contributed by atoms with Crippen molar-refractivity contribution in [3.63, 3.8) is 0 Å². The minimum Gasteiger partial charge on any atom is -0.398 e. The molecule has 0 amide bonds. The molecule has 1 aliphatic carbocycles. The van der Waals surface area contributed by atoms with Crippen LogP contribution in [0.15, 0.2) is 36.4 Å². The molecular weight excluding hydrogens is 258 g/mol. The Morgan fingerprint density at radius 2 is 1.68 bits per heavy atom. The minimum atomic E-state index is -0.00179. The Morgan fingerprint density at radius 3 is 2.47 bits per heavy atom. The van der Waals surface area contributed by atoms with E-state index in [4.69, 9.17) is 17.3 Å². The average molecular weight is 272 g/mol.